The van der Waals surface area contributed by atoms with Gasteiger partial charge < -0.3 is 65.1 Å². The first-order valence-corrected chi connectivity index (χ1v) is 38.5. The highest BCUT2D eigenvalue weighted by Crippen LogP contribution is 2.30. The van der Waals surface area contributed by atoms with Gasteiger partial charge in [0.25, 0.3) is 0 Å². The summed E-state index contributed by atoms with van der Waals surface area (Å²) in [6.45, 7) is 2.81. The van der Waals surface area contributed by atoms with Crippen LogP contribution in [0.3, 0.4) is 0 Å². The predicted octanol–water partition coefficient (Wildman–Crippen LogP) is 16.8. The first-order valence-electron chi connectivity index (χ1n) is 38.5. The van der Waals surface area contributed by atoms with Crippen molar-refractivity contribution in [3.05, 3.63) is 60.8 Å². The van der Waals surface area contributed by atoms with Crippen LogP contribution in [0.4, 0.5) is 0 Å². The monoisotopic (exact) mass is 1300 g/mol. The van der Waals surface area contributed by atoms with Crippen molar-refractivity contribution >= 4 is 5.91 Å². The number of hydrogen-bond donors (Lipinski definition) is 9. The van der Waals surface area contributed by atoms with Gasteiger partial charge >= 0.3 is 0 Å². The van der Waals surface area contributed by atoms with Gasteiger partial charge in [-0.25, -0.2) is 0 Å². The van der Waals surface area contributed by atoms with Crippen LogP contribution in [0.2, 0.25) is 0 Å². The molecule has 0 radical (unpaired) electrons. The van der Waals surface area contributed by atoms with Gasteiger partial charge in [0.2, 0.25) is 5.91 Å². The van der Waals surface area contributed by atoms with Crippen molar-refractivity contribution in [2.45, 2.75) is 408 Å². The van der Waals surface area contributed by atoms with Gasteiger partial charge in [0.15, 0.2) is 12.6 Å². The maximum atomic E-state index is 13.4. The molecule has 14 heteroatoms. The SMILES string of the molecule is CCCCCCC/C=C\C/C=C\CCCCCCCCCCCCCCCCCCCC(=O)NC(COC1OC(CO)C(OC2OC(CO)C(O)C(O)C2O)C(O)C1O)C(O)/C=C/CC/C=C/CC/C=C/CCCCCCCCCCCCCCCCCCCCC. The van der Waals surface area contributed by atoms with Gasteiger partial charge in [0.05, 0.1) is 32.0 Å². The number of carbonyl (C=O) groups excluding carboxylic acids is 1. The third kappa shape index (κ3) is 45.2. The normalized spacial score (nSPS) is 23.0. The highest BCUT2D eigenvalue weighted by molar-refractivity contribution is 5.76. The smallest absolute Gasteiger partial charge is 0.220 e. The molecule has 2 aliphatic heterocycles. The van der Waals surface area contributed by atoms with Gasteiger partial charge in [0, 0.05) is 6.42 Å². The van der Waals surface area contributed by atoms with Crippen LogP contribution in [0.5, 0.6) is 0 Å². The van der Waals surface area contributed by atoms with E-state index in [-0.39, 0.29) is 18.9 Å². The molecule has 0 aromatic carbocycles. The Morgan fingerprint density at radius 1 is 0.391 bits per heavy atom. The molecule has 2 fully saturated rings. The van der Waals surface area contributed by atoms with Crippen LogP contribution >= 0.6 is 0 Å². The van der Waals surface area contributed by atoms with Gasteiger partial charge in [-0.15, -0.1) is 0 Å². The van der Waals surface area contributed by atoms with Crippen molar-refractivity contribution < 1.29 is 64.6 Å². The Balaban J connectivity index is 1.66. The van der Waals surface area contributed by atoms with Gasteiger partial charge in [-0.3, -0.25) is 4.79 Å². The van der Waals surface area contributed by atoms with Crippen LogP contribution < -0.4 is 5.32 Å². The number of allylic oxidation sites excluding steroid dienone is 9. The zero-order valence-corrected chi connectivity index (χ0v) is 58.8. The highest BCUT2D eigenvalue weighted by atomic mass is 16.7. The standard InChI is InChI=1S/C78H143NO13/c1-3-5-7-9-11-13-15-17-19-21-23-25-27-29-31-33-35-37-39-41-43-45-47-49-51-53-55-57-59-61-67(82)66(65-89-77-75(88)73(86)76(69(64-81)91-77)92-78-74(87)72(85)71(84)68(63-80)90-78)79-70(83)62-60-58-56-54-52-50-48-46-44-42-40-38-36-34-32-30-28-26-24-22-20-18-16-14-12-10-8-6-4-2/h16,18,22,24,43,45,51,53,59,61,66-69,71-78,80-82,84-88H,3-15,17,19-21,23,25-42,44,46-50,52,54-58,60,62-65H2,1-2H3,(H,79,83)/b18-16-,24-22-,45-43+,53-51+,61-59+. The predicted molar refractivity (Wildman–Crippen MR) is 378 cm³/mol. The quantitative estimate of drug-likeness (QED) is 0.0204. The van der Waals surface area contributed by atoms with Crippen molar-refractivity contribution in [3.63, 3.8) is 0 Å². The van der Waals surface area contributed by atoms with E-state index < -0.39 is 86.8 Å². The Morgan fingerprint density at radius 2 is 0.728 bits per heavy atom. The first-order chi connectivity index (χ1) is 45.1. The summed E-state index contributed by atoms with van der Waals surface area (Å²) in [5.41, 5.74) is 0. The van der Waals surface area contributed by atoms with E-state index in [1.165, 1.54) is 250 Å². The number of hydrogen-bond acceptors (Lipinski definition) is 13. The molecule has 92 heavy (non-hydrogen) atoms. The van der Waals surface area contributed by atoms with Crippen molar-refractivity contribution in [2.75, 3.05) is 19.8 Å². The minimum absolute atomic E-state index is 0.249. The molecule has 0 spiro atoms. The van der Waals surface area contributed by atoms with Crippen LogP contribution in [-0.4, -0.2) is 140 Å². The van der Waals surface area contributed by atoms with E-state index in [1.54, 1.807) is 6.08 Å². The Hall–Kier alpha value is -2.31. The van der Waals surface area contributed by atoms with Crippen LogP contribution in [0, 0.1) is 0 Å². The fraction of sp³-hybridized carbons (Fsp3) is 0.859. The molecule has 0 aromatic rings. The summed E-state index contributed by atoms with van der Waals surface area (Å²) in [6, 6.07) is -0.941. The summed E-state index contributed by atoms with van der Waals surface area (Å²) in [5, 5.41) is 87.6. The van der Waals surface area contributed by atoms with E-state index in [4.69, 9.17) is 18.9 Å². The molecular weight excluding hydrogens is 1160 g/mol. The van der Waals surface area contributed by atoms with E-state index in [9.17, 15) is 45.6 Å². The van der Waals surface area contributed by atoms with Crippen molar-refractivity contribution in [1.82, 2.24) is 5.32 Å². The van der Waals surface area contributed by atoms with Crippen LogP contribution in [0.15, 0.2) is 60.8 Å². The van der Waals surface area contributed by atoms with Crippen molar-refractivity contribution in [1.29, 1.82) is 0 Å². The summed E-state index contributed by atoms with van der Waals surface area (Å²) in [6.07, 6.45) is 67.2. The molecule has 12 unspecified atom stereocenters. The summed E-state index contributed by atoms with van der Waals surface area (Å²) in [7, 11) is 0. The minimum Gasteiger partial charge on any atom is -0.394 e. The summed E-state index contributed by atoms with van der Waals surface area (Å²) in [4.78, 5) is 13.4. The lowest BCUT2D eigenvalue weighted by atomic mass is 9.97. The second kappa shape index (κ2) is 62.2. The Bertz CT molecular complexity index is 1780. The molecule has 1 amide bonds. The van der Waals surface area contributed by atoms with Gasteiger partial charge in [0.1, 0.15) is 48.8 Å². The third-order valence-electron chi connectivity index (χ3n) is 18.7. The molecule has 0 saturated carbocycles. The van der Waals surface area contributed by atoms with Crippen molar-refractivity contribution in [2.24, 2.45) is 0 Å². The van der Waals surface area contributed by atoms with E-state index in [0.717, 1.165) is 51.4 Å². The maximum absolute atomic E-state index is 13.4. The van der Waals surface area contributed by atoms with Gasteiger partial charge in [-0.2, -0.15) is 0 Å². The van der Waals surface area contributed by atoms with E-state index in [0.29, 0.717) is 12.8 Å². The Morgan fingerprint density at radius 3 is 1.13 bits per heavy atom. The average molecular weight is 1300 g/mol. The lowest BCUT2D eigenvalue weighted by Gasteiger charge is -2.46. The largest absolute Gasteiger partial charge is 0.394 e. The Kier molecular flexibility index (Phi) is 58.0. The molecule has 14 nitrogen and oxygen atoms in total. The molecule has 538 valence electrons. The maximum Gasteiger partial charge on any atom is 0.220 e. The fourth-order valence-corrected chi connectivity index (χ4v) is 12.5. The highest BCUT2D eigenvalue weighted by Gasteiger charge is 2.51. The second-order valence-electron chi connectivity index (χ2n) is 27.1. The van der Waals surface area contributed by atoms with Crippen LogP contribution in [0.1, 0.15) is 335 Å². The van der Waals surface area contributed by atoms with E-state index >= 15 is 0 Å². The topological polar surface area (TPSA) is 228 Å². The number of carbonyl (C=O) groups is 1. The zero-order chi connectivity index (χ0) is 66.6. The number of amides is 1. The molecule has 2 aliphatic rings. The molecule has 12 atom stereocenters. The molecule has 9 N–H and O–H groups in total. The average Bonchev–Trinajstić information content (AvgIpc) is 0.836. The molecule has 0 bridgehead atoms. The number of aliphatic hydroxyl groups excluding tert-OH is 8. The molecule has 0 aliphatic carbocycles. The minimum atomic E-state index is -1.79. The second-order valence-corrected chi connectivity index (χ2v) is 27.1. The van der Waals surface area contributed by atoms with Gasteiger partial charge in [-0.1, -0.05) is 312 Å². The van der Waals surface area contributed by atoms with Crippen LogP contribution in [-0.2, 0) is 23.7 Å². The van der Waals surface area contributed by atoms with Crippen molar-refractivity contribution in [3.8, 4) is 0 Å². The molecular formula is C78H143NO13. The zero-order valence-electron chi connectivity index (χ0n) is 58.8. The lowest BCUT2D eigenvalue weighted by Crippen LogP contribution is -2.65. The number of aliphatic hydroxyl groups is 8. The van der Waals surface area contributed by atoms with Crippen LogP contribution in [0.25, 0.3) is 0 Å². The number of unbranched alkanes of at least 4 members (excludes halogenated alkanes) is 43. The first kappa shape index (κ1) is 85.8. The van der Waals surface area contributed by atoms with E-state index in [1.807, 2.05) is 6.08 Å². The fourth-order valence-electron chi connectivity index (χ4n) is 12.5. The molecule has 2 heterocycles. The lowest BCUT2D eigenvalue weighted by molar-refractivity contribution is -0.359. The third-order valence-corrected chi connectivity index (χ3v) is 18.7. The number of rotatable bonds is 64. The van der Waals surface area contributed by atoms with Gasteiger partial charge in [-0.05, 0) is 77.0 Å². The summed E-state index contributed by atoms with van der Waals surface area (Å²) < 4.78 is 22.9. The summed E-state index contributed by atoms with van der Waals surface area (Å²) >= 11 is 0. The van der Waals surface area contributed by atoms with E-state index in [2.05, 4.69) is 67.8 Å². The molecule has 2 rings (SSSR count). The number of nitrogens with one attached hydrogen (secondary N) is 1. The molecule has 2 saturated heterocycles. The number of ether oxygens (including phenoxy) is 4. The molecule has 0 aromatic heterocycles. The Labute approximate surface area is 562 Å². The summed E-state index contributed by atoms with van der Waals surface area (Å²) in [5.74, 6) is -0.249.